The minimum atomic E-state index is 0.669. The summed E-state index contributed by atoms with van der Waals surface area (Å²) in [7, 11) is 4.34. The Morgan fingerprint density at radius 1 is 1.39 bits per heavy atom. The highest BCUT2D eigenvalue weighted by Crippen LogP contribution is 2.25. The van der Waals surface area contributed by atoms with Gasteiger partial charge in [0.15, 0.2) is 0 Å². The van der Waals surface area contributed by atoms with E-state index in [4.69, 9.17) is 5.73 Å². The molecule has 1 aromatic rings. The number of rotatable bonds is 3. The van der Waals surface area contributed by atoms with E-state index in [-0.39, 0.29) is 0 Å². The molecule has 1 aliphatic rings. The van der Waals surface area contributed by atoms with Crippen LogP contribution in [0.2, 0.25) is 0 Å². The molecule has 1 aliphatic heterocycles. The summed E-state index contributed by atoms with van der Waals surface area (Å²) in [6.07, 6.45) is 0. The molecule has 0 radical (unpaired) electrons. The van der Waals surface area contributed by atoms with Gasteiger partial charge in [0.05, 0.1) is 0 Å². The first-order valence-electron chi connectivity index (χ1n) is 6.40. The van der Waals surface area contributed by atoms with E-state index >= 15 is 0 Å². The van der Waals surface area contributed by atoms with E-state index in [9.17, 15) is 0 Å². The van der Waals surface area contributed by atoms with Crippen LogP contribution in [0.5, 0.6) is 0 Å². The molecule has 4 heteroatoms. The lowest BCUT2D eigenvalue weighted by Gasteiger charge is -2.22. The second kappa shape index (κ2) is 5.59. The number of nitrogens with two attached hydrogens (primary N) is 1. The molecular weight excluding hydrogens is 290 g/mol. The number of likely N-dealkylation sites (tertiary alicyclic amines) is 1. The first kappa shape index (κ1) is 13.8. The Bertz CT molecular complexity index is 420. The largest absolute Gasteiger partial charge is 0.398 e. The third-order valence-corrected chi connectivity index (χ3v) is 4.47. The zero-order valence-corrected chi connectivity index (χ0v) is 12.9. The molecule has 0 saturated carbocycles. The number of likely N-dealkylation sites (N-methyl/N-ethyl adjacent to an activating group) is 1. The molecule has 2 unspecified atom stereocenters. The molecule has 100 valence electrons. The molecule has 2 atom stereocenters. The molecule has 2 N–H and O–H groups in total. The molecule has 1 heterocycles. The van der Waals surface area contributed by atoms with Gasteiger partial charge in [0.1, 0.15) is 0 Å². The summed E-state index contributed by atoms with van der Waals surface area (Å²) < 4.78 is 0.997. The first-order valence-corrected chi connectivity index (χ1v) is 7.19. The molecule has 0 spiro atoms. The van der Waals surface area contributed by atoms with Gasteiger partial charge in [-0.2, -0.15) is 0 Å². The monoisotopic (exact) mass is 311 g/mol. The Hall–Kier alpha value is -0.580. The van der Waals surface area contributed by atoms with Crippen LogP contribution in [0, 0.1) is 5.92 Å². The third kappa shape index (κ3) is 3.05. The lowest BCUT2D eigenvalue weighted by molar-refractivity contribution is 0.250. The van der Waals surface area contributed by atoms with E-state index in [1.807, 2.05) is 6.07 Å². The maximum Gasteiger partial charge on any atom is 0.0458 e. The molecule has 0 aromatic heterocycles. The number of benzene rings is 1. The van der Waals surface area contributed by atoms with Crippen molar-refractivity contribution in [3.63, 3.8) is 0 Å². The average molecular weight is 312 g/mol. The summed E-state index contributed by atoms with van der Waals surface area (Å²) in [6.45, 7) is 5.66. The molecule has 0 bridgehead atoms. The molecule has 1 fully saturated rings. The van der Waals surface area contributed by atoms with Gasteiger partial charge in [0.2, 0.25) is 0 Å². The maximum absolute atomic E-state index is 5.81. The lowest BCUT2D eigenvalue weighted by atomic mass is 10.1. The fraction of sp³-hybridized carbons (Fsp3) is 0.571. The van der Waals surface area contributed by atoms with E-state index in [0.717, 1.165) is 29.2 Å². The maximum atomic E-state index is 5.81. The molecular formula is C14H22BrN3. The van der Waals surface area contributed by atoms with Gasteiger partial charge in [-0.1, -0.05) is 13.0 Å². The smallest absolute Gasteiger partial charge is 0.0458 e. The number of nitrogens with zero attached hydrogens (tertiary/aromatic N) is 2. The fourth-order valence-electron chi connectivity index (χ4n) is 2.78. The van der Waals surface area contributed by atoms with Gasteiger partial charge in [0, 0.05) is 35.8 Å². The van der Waals surface area contributed by atoms with Gasteiger partial charge >= 0.3 is 0 Å². The predicted molar refractivity (Wildman–Crippen MR) is 80.5 cm³/mol. The van der Waals surface area contributed by atoms with Gasteiger partial charge in [0.25, 0.3) is 0 Å². The van der Waals surface area contributed by atoms with Crippen molar-refractivity contribution in [3.8, 4) is 0 Å². The molecule has 18 heavy (non-hydrogen) atoms. The normalized spacial score (nSPS) is 24.9. The van der Waals surface area contributed by atoms with Crippen LogP contribution in [0.3, 0.4) is 0 Å². The van der Waals surface area contributed by atoms with E-state index in [1.54, 1.807) is 0 Å². The van der Waals surface area contributed by atoms with Crippen molar-refractivity contribution in [3.05, 3.63) is 28.2 Å². The second-order valence-electron chi connectivity index (χ2n) is 5.56. The van der Waals surface area contributed by atoms with Crippen molar-refractivity contribution in [1.82, 2.24) is 9.80 Å². The fourth-order valence-corrected chi connectivity index (χ4v) is 3.20. The SMILES string of the molecule is CC1CN(Cc2ccc(N)c(Br)c2)CC1N(C)C. The van der Waals surface area contributed by atoms with Crippen molar-refractivity contribution < 1.29 is 0 Å². The highest BCUT2D eigenvalue weighted by Gasteiger charge is 2.30. The van der Waals surface area contributed by atoms with Crippen LogP contribution < -0.4 is 5.73 Å². The molecule has 0 aliphatic carbocycles. The summed E-state index contributed by atoms with van der Waals surface area (Å²) in [5, 5.41) is 0. The number of nitrogen functional groups attached to an aromatic ring is 1. The number of hydrogen-bond donors (Lipinski definition) is 1. The quantitative estimate of drug-likeness (QED) is 0.870. The summed E-state index contributed by atoms with van der Waals surface area (Å²) in [4.78, 5) is 4.86. The van der Waals surface area contributed by atoms with Gasteiger partial charge in [-0.05, 0) is 53.6 Å². The van der Waals surface area contributed by atoms with Gasteiger partial charge in [-0.3, -0.25) is 4.90 Å². The average Bonchev–Trinajstić information content (AvgIpc) is 2.65. The van der Waals surface area contributed by atoms with Crippen molar-refractivity contribution in [2.24, 2.45) is 5.92 Å². The molecule has 1 aromatic carbocycles. The number of anilines is 1. The van der Waals surface area contributed by atoms with Crippen molar-refractivity contribution in [2.45, 2.75) is 19.5 Å². The Balaban J connectivity index is 2.00. The Labute approximate surface area is 118 Å². The number of halogens is 1. The third-order valence-electron chi connectivity index (χ3n) is 3.78. The summed E-state index contributed by atoms with van der Waals surface area (Å²) in [5.74, 6) is 0.734. The molecule has 0 amide bonds. The second-order valence-corrected chi connectivity index (χ2v) is 6.41. The number of hydrogen-bond acceptors (Lipinski definition) is 3. The van der Waals surface area contributed by atoms with E-state index in [0.29, 0.717) is 6.04 Å². The van der Waals surface area contributed by atoms with Gasteiger partial charge in [-0.25, -0.2) is 0 Å². The highest BCUT2D eigenvalue weighted by molar-refractivity contribution is 9.10. The molecule has 1 saturated heterocycles. The zero-order valence-electron chi connectivity index (χ0n) is 11.4. The molecule has 3 nitrogen and oxygen atoms in total. The van der Waals surface area contributed by atoms with Crippen molar-refractivity contribution in [2.75, 3.05) is 32.9 Å². The van der Waals surface area contributed by atoms with Crippen LogP contribution in [0.15, 0.2) is 22.7 Å². The Kier molecular flexibility index (Phi) is 4.30. The first-order chi connectivity index (χ1) is 8.47. The van der Waals surface area contributed by atoms with Crippen molar-refractivity contribution >= 4 is 21.6 Å². The van der Waals surface area contributed by atoms with E-state index in [1.165, 1.54) is 12.1 Å². The Morgan fingerprint density at radius 3 is 2.67 bits per heavy atom. The molecule has 2 rings (SSSR count). The van der Waals surface area contributed by atoms with Crippen LogP contribution in [0.25, 0.3) is 0 Å². The van der Waals surface area contributed by atoms with Crippen LogP contribution in [0.4, 0.5) is 5.69 Å². The highest BCUT2D eigenvalue weighted by atomic mass is 79.9. The van der Waals surface area contributed by atoms with E-state index in [2.05, 4.69) is 58.9 Å². The standard InChI is InChI=1S/C14H22BrN3/c1-10-7-18(9-14(10)17(2)3)8-11-4-5-13(16)12(15)6-11/h4-6,10,14H,7-9,16H2,1-3H3. The Morgan fingerprint density at radius 2 is 2.11 bits per heavy atom. The zero-order chi connectivity index (χ0) is 13.3. The van der Waals surface area contributed by atoms with E-state index < -0.39 is 0 Å². The van der Waals surface area contributed by atoms with Gasteiger partial charge in [-0.15, -0.1) is 0 Å². The van der Waals surface area contributed by atoms with Crippen LogP contribution >= 0.6 is 15.9 Å². The van der Waals surface area contributed by atoms with Crippen LogP contribution in [0.1, 0.15) is 12.5 Å². The summed E-state index contributed by atoms with van der Waals surface area (Å²) in [5.41, 5.74) is 7.94. The minimum Gasteiger partial charge on any atom is -0.398 e. The topological polar surface area (TPSA) is 32.5 Å². The van der Waals surface area contributed by atoms with Crippen LogP contribution in [-0.2, 0) is 6.54 Å². The van der Waals surface area contributed by atoms with Crippen molar-refractivity contribution in [1.29, 1.82) is 0 Å². The van der Waals surface area contributed by atoms with Crippen LogP contribution in [-0.4, -0.2) is 43.0 Å². The summed E-state index contributed by atoms with van der Waals surface area (Å²) >= 11 is 3.49. The minimum absolute atomic E-state index is 0.669. The predicted octanol–water partition coefficient (Wildman–Crippen LogP) is 2.41. The summed E-state index contributed by atoms with van der Waals surface area (Å²) in [6, 6.07) is 6.89. The van der Waals surface area contributed by atoms with Gasteiger partial charge < -0.3 is 10.6 Å². The lowest BCUT2D eigenvalue weighted by Crippen LogP contribution is -2.34.